The number of benzene rings is 1. The second kappa shape index (κ2) is 7.55. The van der Waals surface area contributed by atoms with Gasteiger partial charge in [-0.15, -0.1) is 11.8 Å². The number of rotatable bonds is 2. The van der Waals surface area contributed by atoms with Crippen molar-refractivity contribution in [3.63, 3.8) is 0 Å². The van der Waals surface area contributed by atoms with Crippen molar-refractivity contribution in [3.8, 4) is 0 Å². The van der Waals surface area contributed by atoms with Gasteiger partial charge in [0.1, 0.15) is 0 Å². The van der Waals surface area contributed by atoms with Gasteiger partial charge in [0.15, 0.2) is 0 Å². The highest BCUT2D eigenvalue weighted by Gasteiger charge is 2.69. The standard InChI is InChI=1S/C25H18F3N3O3S2/c26-25(27,28)11-4-1-5-12(7-11)31-22(32)17-13-8-14(18(17)23(31)33)19-16(13)15(10-3-2-6-29-9-10)20-21(35-19)30-24(34)36-20/h1-7,9,13-19H,8H2,(H,30,34)/t13-,14+,15+,16+,17-,18+,19-/m1/s1. The van der Waals surface area contributed by atoms with Crippen molar-refractivity contribution in [2.24, 2.45) is 29.6 Å². The molecule has 1 N–H and O–H groups in total. The number of nitrogens with one attached hydrogen (secondary N) is 1. The summed E-state index contributed by atoms with van der Waals surface area (Å²) in [5, 5.41) is 0.813. The van der Waals surface area contributed by atoms with E-state index in [9.17, 15) is 27.6 Å². The summed E-state index contributed by atoms with van der Waals surface area (Å²) in [5.41, 5.74) is 0.0336. The summed E-state index contributed by atoms with van der Waals surface area (Å²) in [5.74, 6) is -2.30. The predicted molar refractivity (Wildman–Crippen MR) is 127 cm³/mol. The summed E-state index contributed by atoms with van der Waals surface area (Å²) in [7, 11) is 0. The molecule has 2 aliphatic heterocycles. The van der Waals surface area contributed by atoms with Crippen LogP contribution in [0.2, 0.25) is 0 Å². The maximum absolute atomic E-state index is 13.7. The van der Waals surface area contributed by atoms with Crippen LogP contribution in [0.4, 0.5) is 18.9 Å². The number of hydrogen-bond donors (Lipinski definition) is 1. The van der Waals surface area contributed by atoms with Gasteiger partial charge in [-0.25, -0.2) is 0 Å². The monoisotopic (exact) mass is 529 g/mol. The number of thiazole rings is 1. The third-order valence-corrected chi connectivity index (χ3v) is 10.8. The van der Waals surface area contributed by atoms with Crippen LogP contribution in [0.1, 0.15) is 28.3 Å². The third-order valence-electron chi connectivity index (χ3n) is 8.20. The first-order chi connectivity index (χ1) is 17.2. The number of amides is 2. The number of carbonyl (C=O) groups excluding carboxylic acids is 2. The zero-order valence-corrected chi connectivity index (χ0v) is 20.1. The molecule has 1 saturated heterocycles. The Morgan fingerprint density at radius 2 is 1.81 bits per heavy atom. The van der Waals surface area contributed by atoms with E-state index in [4.69, 9.17) is 0 Å². The van der Waals surface area contributed by atoms with Gasteiger partial charge in [0.05, 0.1) is 28.1 Å². The van der Waals surface area contributed by atoms with Crippen LogP contribution < -0.4 is 9.77 Å². The summed E-state index contributed by atoms with van der Waals surface area (Å²) >= 11 is 2.74. The number of carbonyl (C=O) groups is 2. The number of thioether (sulfide) groups is 1. The van der Waals surface area contributed by atoms with Gasteiger partial charge in [0, 0.05) is 28.4 Å². The molecule has 2 bridgehead atoms. The van der Waals surface area contributed by atoms with Crippen LogP contribution >= 0.6 is 23.1 Å². The number of imide groups is 1. The lowest BCUT2D eigenvalue weighted by Gasteiger charge is -2.42. The lowest BCUT2D eigenvalue weighted by atomic mass is 9.68. The Kier molecular flexibility index (Phi) is 4.67. The first kappa shape index (κ1) is 22.3. The molecule has 6 nitrogen and oxygen atoms in total. The van der Waals surface area contributed by atoms with E-state index in [0.29, 0.717) is 6.42 Å². The number of aromatic amines is 1. The Balaban J connectivity index is 1.30. The number of H-pyrrole nitrogens is 1. The molecule has 0 radical (unpaired) electrons. The van der Waals surface area contributed by atoms with Crippen molar-refractivity contribution in [1.82, 2.24) is 9.97 Å². The van der Waals surface area contributed by atoms with Gasteiger partial charge >= 0.3 is 11.0 Å². The van der Waals surface area contributed by atoms with Crippen molar-refractivity contribution in [1.29, 1.82) is 0 Å². The fraction of sp³-hybridized carbons (Fsp3) is 0.360. The van der Waals surface area contributed by atoms with Crippen LogP contribution in [0.15, 0.2) is 58.6 Å². The molecule has 0 unspecified atom stereocenters. The van der Waals surface area contributed by atoms with E-state index < -0.39 is 35.4 Å². The molecule has 36 heavy (non-hydrogen) atoms. The van der Waals surface area contributed by atoms with Gasteiger partial charge in [-0.3, -0.25) is 24.3 Å². The van der Waals surface area contributed by atoms with Crippen molar-refractivity contribution >= 4 is 40.6 Å². The minimum absolute atomic E-state index is 0.0115. The number of aromatic nitrogens is 2. The Hall–Kier alpha value is -2.92. The van der Waals surface area contributed by atoms with E-state index >= 15 is 0 Å². The summed E-state index contributed by atoms with van der Waals surface area (Å²) < 4.78 is 40.0. The van der Waals surface area contributed by atoms with E-state index in [-0.39, 0.29) is 39.5 Å². The zero-order valence-electron chi connectivity index (χ0n) is 18.4. The Morgan fingerprint density at radius 3 is 2.53 bits per heavy atom. The third kappa shape index (κ3) is 2.98. The zero-order chi connectivity index (χ0) is 24.9. The van der Waals surface area contributed by atoms with Crippen LogP contribution in [0.25, 0.3) is 0 Å². The van der Waals surface area contributed by atoms with Crippen LogP contribution in [-0.2, 0) is 15.8 Å². The van der Waals surface area contributed by atoms with Crippen molar-refractivity contribution in [2.75, 3.05) is 4.90 Å². The molecule has 1 aromatic carbocycles. The highest BCUT2D eigenvalue weighted by atomic mass is 32.2. The van der Waals surface area contributed by atoms with Gasteiger partial charge < -0.3 is 4.98 Å². The summed E-state index contributed by atoms with van der Waals surface area (Å²) in [4.78, 5) is 48.5. The van der Waals surface area contributed by atoms with Crippen molar-refractivity contribution < 1.29 is 22.8 Å². The topological polar surface area (TPSA) is 83.1 Å². The number of pyridine rings is 1. The van der Waals surface area contributed by atoms with Gasteiger partial charge in [-0.05, 0) is 54.0 Å². The molecule has 7 atom stereocenters. The molecule has 0 spiro atoms. The van der Waals surface area contributed by atoms with E-state index in [1.807, 2.05) is 12.1 Å². The highest BCUT2D eigenvalue weighted by Crippen LogP contribution is 2.68. The molecular formula is C25H18F3N3O3S2. The van der Waals surface area contributed by atoms with Crippen molar-refractivity contribution in [3.05, 3.63) is 74.5 Å². The van der Waals surface area contributed by atoms with E-state index in [1.54, 1.807) is 24.2 Å². The number of alkyl halides is 3. The van der Waals surface area contributed by atoms with E-state index in [0.717, 1.165) is 32.5 Å². The molecule has 4 aliphatic rings. The Bertz CT molecular complexity index is 1470. The molecule has 4 heterocycles. The molecule has 2 aliphatic carbocycles. The molecule has 3 fully saturated rings. The van der Waals surface area contributed by atoms with Crippen LogP contribution in [0.5, 0.6) is 0 Å². The van der Waals surface area contributed by atoms with E-state index in [1.165, 1.54) is 23.5 Å². The van der Waals surface area contributed by atoms with Gasteiger partial charge in [-0.2, -0.15) is 13.2 Å². The molecule has 184 valence electrons. The van der Waals surface area contributed by atoms with Crippen molar-refractivity contribution in [2.45, 2.75) is 28.8 Å². The minimum atomic E-state index is -4.58. The van der Waals surface area contributed by atoms with E-state index in [2.05, 4.69) is 9.97 Å². The molecule has 3 aromatic rings. The van der Waals surface area contributed by atoms with Crippen LogP contribution in [0, 0.1) is 29.6 Å². The SMILES string of the molecule is O=C1[C@@H]2[C@@H]3C[C@H]([C@H]4Sc5[nH]c(=O)sc5[C@@H](c5cccnc5)[C@H]34)[C@@H]2C(=O)N1c1cccc(C(F)(F)F)c1. The van der Waals surface area contributed by atoms with Crippen LogP contribution in [0.3, 0.4) is 0 Å². The number of halogens is 3. The lowest BCUT2D eigenvalue weighted by Crippen LogP contribution is -2.42. The summed E-state index contributed by atoms with van der Waals surface area (Å²) in [6.45, 7) is 0. The maximum atomic E-state index is 13.7. The lowest BCUT2D eigenvalue weighted by molar-refractivity contribution is -0.137. The number of fused-ring (bicyclic) bond motifs is 9. The number of nitrogens with zero attached hydrogens (tertiary/aromatic N) is 2. The number of hydrogen-bond acceptors (Lipinski definition) is 6. The minimum Gasteiger partial charge on any atom is -0.307 e. The maximum Gasteiger partial charge on any atom is 0.416 e. The average molecular weight is 530 g/mol. The summed E-state index contributed by atoms with van der Waals surface area (Å²) in [6.07, 6.45) is -0.400. The molecular weight excluding hydrogens is 511 g/mol. The van der Waals surface area contributed by atoms with Gasteiger partial charge in [-0.1, -0.05) is 23.5 Å². The Labute approximate surface area is 210 Å². The van der Waals surface area contributed by atoms with Crippen LogP contribution in [-0.4, -0.2) is 27.0 Å². The first-order valence-electron chi connectivity index (χ1n) is 11.6. The molecule has 7 rings (SSSR count). The highest BCUT2D eigenvalue weighted by molar-refractivity contribution is 8.00. The molecule has 2 aromatic heterocycles. The Morgan fingerprint density at radius 1 is 1.03 bits per heavy atom. The second-order valence-corrected chi connectivity index (χ2v) is 12.0. The van der Waals surface area contributed by atoms with Gasteiger partial charge in [0.2, 0.25) is 11.8 Å². The first-order valence-corrected chi connectivity index (χ1v) is 13.3. The quantitative estimate of drug-likeness (QED) is 0.494. The second-order valence-electron chi connectivity index (χ2n) is 9.81. The molecule has 2 saturated carbocycles. The van der Waals surface area contributed by atoms with Gasteiger partial charge in [0.25, 0.3) is 0 Å². The fourth-order valence-electron chi connectivity index (χ4n) is 7.03. The number of anilines is 1. The normalized spacial score (nSPS) is 32.5. The molecule has 2 amide bonds. The molecule has 11 heteroatoms. The largest absolute Gasteiger partial charge is 0.416 e. The summed E-state index contributed by atoms with van der Waals surface area (Å²) in [6, 6.07) is 8.24. The fourth-order valence-corrected chi connectivity index (χ4v) is 9.91. The smallest absolute Gasteiger partial charge is 0.307 e. The average Bonchev–Trinajstić information content (AvgIpc) is 3.58. The predicted octanol–water partition coefficient (Wildman–Crippen LogP) is 4.53.